The van der Waals surface area contributed by atoms with Gasteiger partial charge in [0.1, 0.15) is 5.58 Å². The first-order valence-electron chi connectivity index (χ1n) is 8.44. The average molecular weight is 399 g/mol. The van der Waals surface area contributed by atoms with E-state index in [9.17, 15) is 13.2 Å². The Hall–Kier alpha value is -3.04. The van der Waals surface area contributed by atoms with Gasteiger partial charge in [0.2, 0.25) is 0 Å². The lowest BCUT2D eigenvalue weighted by Gasteiger charge is -2.04. The third-order valence-electron chi connectivity index (χ3n) is 4.24. The quantitative estimate of drug-likeness (QED) is 0.384. The van der Waals surface area contributed by atoms with Crippen molar-refractivity contribution in [2.75, 3.05) is 6.26 Å². The summed E-state index contributed by atoms with van der Waals surface area (Å²) in [7, 11) is -3.55. The number of rotatable bonds is 4. The van der Waals surface area contributed by atoms with Crippen LogP contribution in [0.3, 0.4) is 0 Å². The van der Waals surface area contributed by atoms with E-state index in [2.05, 4.69) is 9.97 Å². The van der Waals surface area contributed by atoms with Crippen molar-refractivity contribution in [3.05, 3.63) is 64.0 Å². The molecule has 3 heterocycles. The van der Waals surface area contributed by atoms with E-state index < -0.39 is 15.7 Å². The van der Waals surface area contributed by atoms with Crippen LogP contribution in [0.4, 0.5) is 0 Å². The van der Waals surface area contributed by atoms with Gasteiger partial charge in [-0.05, 0) is 31.5 Å². The highest BCUT2D eigenvalue weighted by atomic mass is 32.2. The molecule has 3 aromatic heterocycles. The Bertz CT molecular complexity index is 1390. The lowest BCUT2D eigenvalue weighted by atomic mass is 10.1. The van der Waals surface area contributed by atoms with Crippen molar-refractivity contribution in [1.82, 2.24) is 14.4 Å². The predicted molar refractivity (Wildman–Crippen MR) is 104 cm³/mol. The minimum atomic E-state index is -3.55. The van der Waals surface area contributed by atoms with Gasteiger partial charge in [-0.3, -0.25) is 9.17 Å². The van der Waals surface area contributed by atoms with E-state index in [1.54, 1.807) is 30.5 Å². The Balaban J connectivity index is 1.77. The molecular formula is C19H17N3O5S. The molecule has 0 spiro atoms. The minimum Gasteiger partial charge on any atom is -0.422 e. The fourth-order valence-electron chi connectivity index (χ4n) is 3.03. The molecule has 4 rings (SSSR count). The van der Waals surface area contributed by atoms with E-state index in [0.717, 1.165) is 17.6 Å². The zero-order chi connectivity index (χ0) is 20.1. The second-order valence-corrected chi connectivity index (χ2v) is 8.25. The Morgan fingerprint density at radius 2 is 1.93 bits per heavy atom. The van der Waals surface area contributed by atoms with Crippen LogP contribution >= 0.6 is 0 Å². The van der Waals surface area contributed by atoms with E-state index in [-0.39, 0.29) is 6.61 Å². The summed E-state index contributed by atoms with van der Waals surface area (Å²) in [5.74, 6) is 0. The largest absolute Gasteiger partial charge is 0.422 e. The Morgan fingerprint density at radius 1 is 1.14 bits per heavy atom. The summed E-state index contributed by atoms with van der Waals surface area (Å²) in [6.07, 6.45) is 4.59. The van der Waals surface area contributed by atoms with Crippen molar-refractivity contribution in [1.29, 1.82) is 0 Å². The van der Waals surface area contributed by atoms with E-state index in [1.165, 1.54) is 0 Å². The molecule has 28 heavy (non-hydrogen) atoms. The fraction of sp³-hybridized carbons (Fsp3) is 0.211. The van der Waals surface area contributed by atoms with Crippen LogP contribution in [0.2, 0.25) is 0 Å². The van der Waals surface area contributed by atoms with Gasteiger partial charge in [-0.1, -0.05) is 12.1 Å². The summed E-state index contributed by atoms with van der Waals surface area (Å²) < 4.78 is 34.3. The van der Waals surface area contributed by atoms with Crippen LogP contribution in [-0.2, 0) is 20.9 Å². The number of hydrogen-bond donors (Lipinski definition) is 0. The van der Waals surface area contributed by atoms with Crippen molar-refractivity contribution < 1.29 is 17.0 Å². The van der Waals surface area contributed by atoms with Gasteiger partial charge < -0.3 is 8.82 Å². The van der Waals surface area contributed by atoms with Crippen LogP contribution < -0.4 is 5.63 Å². The topological polar surface area (TPSA) is 104 Å². The number of nitrogens with zero attached hydrogens (tertiary/aromatic N) is 3. The lowest BCUT2D eigenvalue weighted by molar-refractivity contribution is 0.311. The highest BCUT2D eigenvalue weighted by Gasteiger charge is 2.14. The number of benzene rings is 1. The zero-order valence-corrected chi connectivity index (χ0v) is 16.3. The summed E-state index contributed by atoms with van der Waals surface area (Å²) in [5.41, 5.74) is 3.53. The molecule has 0 saturated carbocycles. The van der Waals surface area contributed by atoms with Gasteiger partial charge >= 0.3 is 5.63 Å². The van der Waals surface area contributed by atoms with Crippen molar-refractivity contribution in [2.45, 2.75) is 20.5 Å². The maximum absolute atomic E-state index is 12.5. The van der Waals surface area contributed by atoms with Crippen LogP contribution in [0.25, 0.3) is 27.9 Å². The van der Waals surface area contributed by atoms with Crippen molar-refractivity contribution in [3.63, 3.8) is 0 Å². The smallest absolute Gasteiger partial charge is 0.345 e. The van der Waals surface area contributed by atoms with Gasteiger partial charge in [0.25, 0.3) is 10.1 Å². The molecule has 0 radical (unpaired) electrons. The Kier molecular flexibility index (Phi) is 4.28. The van der Waals surface area contributed by atoms with Crippen LogP contribution in [0.1, 0.15) is 17.0 Å². The molecule has 8 nitrogen and oxygen atoms in total. The number of aryl methyl sites for hydroxylation is 2. The summed E-state index contributed by atoms with van der Waals surface area (Å²) in [6, 6.07) is 6.76. The van der Waals surface area contributed by atoms with Gasteiger partial charge in [0, 0.05) is 17.8 Å². The molecule has 0 unspecified atom stereocenters. The van der Waals surface area contributed by atoms with Crippen LogP contribution in [0.5, 0.6) is 0 Å². The molecule has 4 aromatic rings. The van der Waals surface area contributed by atoms with Gasteiger partial charge in [-0.25, -0.2) is 9.78 Å². The first kappa shape index (κ1) is 18.3. The predicted octanol–water partition coefficient (Wildman–Crippen LogP) is 2.60. The zero-order valence-electron chi connectivity index (χ0n) is 15.5. The van der Waals surface area contributed by atoms with Crippen LogP contribution in [0.15, 0.2) is 45.9 Å². The van der Waals surface area contributed by atoms with E-state index in [0.29, 0.717) is 33.4 Å². The van der Waals surface area contributed by atoms with Crippen LogP contribution in [-0.4, -0.2) is 29.0 Å². The van der Waals surface area contributed by atoms with Crippen molar-refractivity contribution in [2.24, 2.45) is 0 Å². The first-order valence-corrected chi connectivity index (χ1v) is 10.3. The van der Waals surface area contributed by atoms with E-state index >= 15 is 0 Å². The maximum atomic E-state index is 12.5. The molecule has 0 aliphatic heterocycles. The summed E-state index contributed by atoms with van der Waals surface area (Å²) >= 11 is 0. The molecular weight excluding hydrogens is 382 g/mol. The summed E-state index contributed by atoms with van der Waals surface area (Å²) in [4.78, 5) is 21.4. The molecule has 0 aliphatic carbocycles. The molecule has 0 amide bonds. The van der Waals surface area contributed by atoms with Gasteiger partial charge in [0.05, 0.1) is 35.5 Å². The number of hydrogen-bond acceptors (Lipinski definition) is 7. The lowest BCUT2D eigenvalue weighted by Crippen LogP contribution is -2.04. The number of aromatic nitrogens is 3. The Morgan fingerprint density at radius 3 is 2.68 bits per heavy atom. The van der Waals surface area contributed by atoms with Gasteiger partial charge in [0.15, 0.2) is 5.65 Å². The molecule has 0 aliphatic rings. The molecule has 0 saturated heterocycles. The second kappa shape index (κ2) is 6.54. The van der Waals surface area contributed by atoms with Crippen molar-refractivity contribution >= 4 is 26.7 Å². The fourth-order valence-corrected chi connectivity index (χ4v) is 3.38. The third-order valence-corrected chi connectivity index (χ3v) is 4.79. The van der Waals surface area contributed by atoms with Crippen molar-refractivity contribution in [3.8, 4) is 11.3 Å². The van der Waals surface area contributed by atoms with Gasteiger partial charge in [-0.2, -0.15) is 8.42 Å². The summed E-state index contributed by atoms with van der Waals surface area (Å²) in [5, 5.41) is 0.695. The first-order chi connectivity index (χ1) is 13.2. The molecule has 0 bridgehead atoms. The average Bonchev–Trinajstić information content (AvgIpc) is 3.02. The minimum absolute atomic E-state index is 0.127. The molecule has 1 aromatic carbocycles. The monoisotopic (exact) mass is 399 g/mol. The standard InChI is InChI=1S/C19H17N3O5S/c1-11-8-22-9-16(21-18(22)12(2)20-11)15-7-14-5-4-13(10-26-28(3,24)25)6-17(14)27-19(15)23/h4-9H,10H2,1-3H3. The SMILES string of the molecule is Cc1cn2cc(-c3cc4ccc(COS(C)(=O)=O)cc4oc3=O)nc2c(C)n1. The van der Waals surface area contributed by atoms with E-state index in [4.69, 9.17) is 8.60 Å². The molecule has 9 heteroatoms. The number of imidazole rings is 1. The maximum Gasteiger partial charge on any atom is 0.345 e. The summed E-state index contributed by atoms with van der Waals surface area (Å²) in [6.45, 7) is 3.63. The molecule has 0 N–H and O–H groups in total. The highest BCUT2D eigenvalue weighted by molar-refractivity contribution is 7.85. The van der Waals surface area contributed by atoms with Crippen LogP contribution in [0, 0.1) is 13.8 Å². The molecule has 0 atom stereocenters. The normalized spacial score (nSPS) is 12.1. The Labute approximate surface area is 160 Å². The molecule has 144 valence electrons. The van der Waals surface area contributed by atoms with Gasteiger partial charge in [-0.15, -0.1) is 0 Å². The highest BCUT2D eigenvalue weighted by Crippen LogP contribution is 2.23. The third kappa shape index (κ3) is 3.54. The molecule has 0 fully saturated rings. The van der Waals surface area contributed by atoms with E-state index in [1.807, 2.05) is 24.4 Å². The second-order valence-electron chi connectivity index (χ2n) is 6.61. The number of fused-ring (bicyclic) bond motifs is 2.